The number of rotatable bonds is 3. The highest BCUT2D eigenvalue weighted by Crippen LogP contribution is 2.03. The van der Waals surface area contributed by atoms with E-state index in [1.165, 1.54) is 14.2 Å². The highest BCUT2D eigenvalue weighted by atomic mass is 16.5. The largest absolute Gasteiger partial charge is 0.467 e. The molecule has 1 amide bonds. The number of carbonyl (C=O) groups excluding carboxylic acids is 2. The molecule has 0 bridgehead atoms. The van der Waals surface area contributed by atoms with E-state index in [1.54, 1.807) is 13.8 Å². The van der Waals surface area contributed by atoms with Crippen molar-refractivity contribution in [3.63, 3.8) is 0 Å². The molecule has 0 saturated heterocycles. The number of alkyl carbamates (subject to hydrolysis) is 1. The van der Waals surface area contributed by atoms with Gasteiger partial charge in [0.2, 0.25) is 0 Å². The maximum atomic E-state index is 11.1. The van der Waals surface area contributed by atoms with E-state index < -0.39 is 18.1 Å². The number of ether oxygens (including phenoxy) is 2. The molecular formula is C8H15NO4. The Kier molecular flexibility index (Phi) is 4.87. The lowest BCUT2D eigenvalue weighted by Crippen LogP contribution is -2.44. The van der Waals surface area contributed by atoms with Crippen LogP contribution in [0.4, 0.5) is 4.79 Å². The molecule has 5 nitrogen and oxygen atoms in total. The van der Waals surface area contributed by atoms with Crippen molar-refractivity contribution in [2.75, 3.05) is 14.2 Å². The third-order valence-corrected chi connectivity index (χ3v) is 1.58. The fourth-order valence-electron chi connectivity index (χ4n) is 0.811. The van der Waals surface area contributed by atoms with E-state index in [2.05, 4.69) is 14.8 Å². The summed E-state index contributed by atoms with van der Waals surface area (Å²) in [5.41, 5.74) is 0. The van der Waals surface area contributed by atoms with E-state index in [0.29, 0.717) is 0 Å². The molecule has 0 saturated carbocycles. The zero-order valence-corrected chi connectivity index (χ0v) is 8.29. The fourth-order valence-corrected chi connectivity index (χ4v) is 0.811. The molecule has 0 fully saturated rings. The van der Waals surface area contributed by atoms with Crippen molar-refractivity contribution in [2.24, 2.45) is 5.92 Å². The van der Waals surface area contributed by atoms with E-state index in [-0.39, 0.29) is 5.92 Å². The van der Waals surface area contributed by atoms with Crippen LogP contribution in [0.3, 0.4) is 0 Å². The predicted octanol–water partition coefficient (Wildman–Crippen LogP) is 0.540. The van der Waals surface area contributed by atoms with Gasteiger partial charge in [-0.2, -0.15) is 0 Å². The van der Waals surface area contributed by atoms with Gasteiger partial charge < -0.3 is 14.8 Å². The number of hydrogen-bond acceptors (Lipinski definition) is 4. The molecule has 0 heterocycles. The van der Waals surface area contributed by atoms with Crippen molar-refractivity contribution < 1.29 is 19.1 Å². The van der Waals surface area contributed by atoms with Gasteiger partial charge in [0.25, 0.3) is 0 Å². The Morgan fingerprint density at radius 2 is 1.69 bits per heavy atom. The standard InChI is InChI=1S/C8H15NO4/c1-5(2)6(7(10)12-3)9-8(11)13-4/h5-6H,1-4H3,(H,9,11)/t6-/m0/s1. The Hall–Kier alpha value is -1.26. The summed E-state index contributed by atoms with van der Waals surface area (Å²) in [4.78, 5) is 21.9. The van der Waals surface area contributed by atoms with Gasteiger partial charge in [-0.15, -0.1) is 0 Å². The topological polar surface area (TPSA) is 64.6 Å². The van der Waals surface area contributed by atoms with Gasteiger partial charge in [-0.1, -0.05) is 13.8 Å². The molecule has 76 valence electrons. The molecule has 0 unspecified atom stereocenters. The molecule has 13 heavy (non-hydrogen) atoms. The van der Waals surface area contributed by atoms with Crippen molar-refractivity contribution >= 4 is 12.1 Å². The Labute approximate surface area is 77.4 Å². The average Bonchev–Trinajstić information content (AvgIpc) is 2.11. The number of hydrogen-bond donors (Lipinski definition) is 1. The molecule has 0 rings (SSSR count). The lowest BCUT2D eigenvalue weighted by atomic mass is 10.1. The minimum Gasteiger partial charge on any atom is -0.467 e. The SMILES string of the molecule is COC(=O)N[C@H](C(=O)OC)C(C)C. The molecule has 5 heteroatoms. The maximum absolute atomic E-state index is 11.1. The third-order valence-electron chi connectivity index (χ3n) is 1.58. The summed E-state index contributed by atoms with van der Waals surface area (Å²) in [5, 5.41) is 2.38. The number of methoxy groups -OCH3 is 2. The Morgan fingerprint density at radius 1 is 1.15 bits per heavy atom. The summed E-state index contributed by atoms with van der Waals surface area (Å²) in [5.74, 6) is -0.507. The average molecular weight is 189 g/mol. The van der Waals surface area contributed by atoms with Crippen LogP contribution in [0.1, 0.15) is 13.8 Å². The van der Waals surface area contributed by atoms with E-state index in [1.807, 2.05) is 0 Å². The smallest absolute Gasteiger partial charge is 0.407 e. The van der Waals surface area contributed by atoms with Crippen LogP contribution in [0.25, 0.3) is 0 Å². The predicted molar refractivity (Wildman–Crippen MR) is 46.2 cm³/mol. The minimum atomic E-state index is -0.655. The van der Waals surface area contributed by atoms with Gasteiger partial charge in [0.15, 0.2) is 0 Å². The Morgan fingerprint density at radius 3 is 2.00 bits per heavy atom. The molecule has 0 aromatic rings. The summed E-state index contributed by atoms with van der Waals surface area (Å²) in [7, 11) is 2.51. The minimum absolute atomic E-state index is 0.0356. The van der Waals surface area contributed by atoms with Gasteiger partial charge >= 0.3 is 12.1 Å². The fraction of sp³-hybridized carbons (Fsp3) is 0.750. The molecule has 0 aliphatic heterocycles. The number of nitrogens with one attached hydrogen (secondary N) is 1. The molecule has 0 aliphatic rings. The number of carbonyl (C=O) groups is 2. The zero-order chi connectivity index (χ0) is 10.4. The molecule has 0 aromatic heterocycles. The Bertz CT molecular complexity index is 191. The van der Waals surface area contributed by atoms with Crippen LogP contribution in [-0.4, -0.2) is 32.3 Å². The van der Waals surface area contributed by atoms with Crippen LogP contribution >= 0.6 is 0 Å². The summed E-state index contributed by atoms with van der Waals surface area (Å²) in [6.45, 7) is 3.61. The van der Waals surface area contributed by atoms with Crippen molar-refractivity contribution in [3.8, 4) is 0 Å². The summed E-state index contributed by atoms with van der Waals surface area (Å²) < 4.78 is 8.88. The molecule has 0 aromatic carbocycles. The van der Waals surface area contributed by atoms with E-state index in [4.69, 9.17) is 0 Å². The lowest BCUT2D eigenvalue weighted by Gasteiger charge is -2.18. The van der Waals surface area contributed by atoms with E-state index in [9.17, 15) is 9.59 Å². The van der Waals surface area contributed by atoms with E-state index in [0.717, 1.165) is 0 Å². The van der Waals surface area contributed by atoms with Gasteiger partial charge in [-0.3, -0.25) is 0 Å². The monoisotopic (exact) mass is 189 g/mol. The maximum Gasteiger partial charge on any atom is 0.407 e. The summed E-state index contributed by atoms with van der Waals surface area (Å²) >= 11 is 0. The normalized spacial score (nSPS) is 12.1. The molecule has 0 aliphatic carbocycles. The second-order valence-electron chi connectivity index (χ2n) is 2.88. The van der Waals surface area contributed by atoms with Gasteiger partial charge in [-0.25, -0.2) is 9.59 Å². The molecule has 0 radical (unpaired) electrons. The van der Waals surface area contributed by atoms with Crippen molar-refractivity contribution in [3.05, 3.63) is 0 Å². The first-order valence-electron chi connectivity index (χ1n) is 3.95. The summed E-state index contributed by atoms with van der Waals surface area (Å²) in [6.07, 6.45) is -0.635. The zero-order valence-electron chi connectivity index (χ0n) is 8.29. The van der Waals surface area contributed by atoms with Crippen molar-refractivity contribution in [2.45, 2.75) is 19.9 Å². The molecule has 1 atom stereocenters. The third kappa shape index (κ3) is 3.78. The first-order valence-corrected chi connectivity index (χ1v) is 3.95. The molecule has 1 N–H and O–H groups in total. The summed E-state index contributed by atoms with van der Waals surface area (Å²) in [6, 6.07) is -0.655. The van der Waals surface area contributed by atoms with Crippen LogP contribution in [-0.2, 0) is 14.3 Å². The first-order chi connectivity index (χ1) is 6.02. The number of esters is 1. The van der Waals surface area contributed by atoms with Crippen molar-refractivity contribution in [1.82, 2.24) is 5.32 Å². The van der Waals surface area contributed by atoms with Crippen molar-refractivity contribution in [1.29, 1.82) is 0 Å². The van der Waals surface area contributed by atoms with Crippen LogP contribution in [0.2, 0.25) is 0 Å². The van der Waals surface area contributed by atoms with Crippen LogP contribution in [0, 0.1) is 5.92 Å². The van der Waals surface area contributed by atoms with Crippen LogP contribution < -0.4 is 5.32 Å². The van der Waals surface area contributed by atoms with Gasteiger partial charge in [0.1, 0.15) is 6.04 Å². The quantitative estimate of drug-likeness (QED) is 0.658. The van der Waals surface area contributed by atoms with Gasteiger partial charge in [-0.05, 0) is 5.92 Å². The van der Waals surface area contributed by atoms with E-state index >= 15 is 0 Å². The van der Waals surface area contributed by atoms with Crippen LogP contribution in [0.15, 0.2) is 0 Å². The highest BCUT2D eigenvalue weighted by molar-refractivity contribution is 5.81. The second-order valence-corrected chi connectivity index (χ2v) is 2.88. The second kappa shape index (κ2) is 5.40. The first kappa shape index (κ1) is 11.7. The van der Waals surface area contributed by atoms with Gasteiger partial charge in [0, 0.05) is 0 Å². The lowest BCUT2D eigenvalue weighted by molar-refractivity contribution is -0.144. The highest BCUT2D eigenvalue weighted by Gasteiger charge is 2.24. The molecule has 0 spiro atoms. The number of amides is 1. The molecular weight excluding hydrogens is 174 g/mol. The van der Waals surface area contributed by atoms with Crippen LogP contribution in [0.5, 0.6) is 0 Å². The van der Waals surface area contributed by atoms with Gasteiger partial charge in [0.05, 0.1) is 14.2 Å². The Balaban J connectivity index is 4.26.